The first-order valence-electron chi connectivity index (χ1n) is 3.74. The summed E-state index contributed by atoms with van der Waals surface area (Å²) < 4.78 is 1.72. The molecule has 62 valence electrons. The maximum atomic E-state index is 8.77. The zero-order valence-electron chi connectivity index (χ0n) is 6.89. The van der Waals surface area contributed by atoms with Crippen molar-refractivity contribution in [2.24, 2.45) is 10.2 Å². The maximum Gasteiger partial charge on any atom is 0.176 e. The Morgan fingerprint density at radius 1 is 1.46 bits per heavy atom. The van der Waals surface area contributed by atoms with Crippen LogP contribution in [0.4, 0.5) is 5.82 Å². The van der Waals surface area contributed by atoms with Crippen LogP contribution in [0.1, 0.15) is 24.2 Å². The van der Waals surface area contributed by atoms with E-state index in [1.54, 1.807) is 10.8 Å². The Bertz CT molecular complexity index is 468. The lowest BCUT2D eigenvalue weighted by Gasteiger charge is -1.98. The van der Waals surface area contributed by atoms with E-state index in [-0.39, 0.29) is 6.17 Å². The molecule has 0 saturated heterocycles. The van der Waals surface area contributed by atoms with Crippen LogP contribution in [0, 0.1) is 22.7 Å². The molecule has 5 heteroatoms. The molecule has 1 unspecified atom stereocenters. The number of nitriles is 2. The van der Waals surface area contributed by atoms with Crippen LogP contribution >= 0.6 is 0 Å². The first kappa shape index (κ1) is 7.51. The summed E-state index contributed by atoms with van der Waals surface area (Å²) in [6.07, 6.45) is 1.50. The summed E-state index contributed by atoms with van der Waals surface area (Å²) >= 11 is 0. The molecule has 0 amide bonds. The zero-order chi connectivity index (χ0) is 9.42. The molecule has 1 aliphatic rings. The molecular formula is C8H5N5. The topological polar surface area (TPSA) is 77.2 Å². The quantitative estimate of drug-likeness (QED) is 0.597. The van der Waals surface area contributed by atoms with E-state index in [4.69, 9.17) is 10.5 Å². The van der Waals surface area contributed by atoms with E-state index in [1.165, 1.54) is 0 Å². The van der Waals surface area contributed by atoms with E-state index < -0.39 is 0 Å². The molecule has 0 bridgehead atoms. The van der Waals surface area contributed by atoms with E-state index in [0.29, 0.717) is 16.9 Å². The second-order valence-electron chi connectivity index (χ2n) is 2.72. The van der Waals surface area contributed by atoms with Crippen LogP contribution in [0.3, 0.4) is 0 Å². The van der Waals surface area contributed by atoms with Gasteiger partial charge in [-0.25, -0.2) is 0 Å². The third kappa shape index (κ3) is 0.844. The first-order chi connectivity index (χ1) is 6.27. The Kier molecular flexibility index (Phi) is 1.40. The van der Waals surface area contributed by atoms with E-state index in [1.807, 2.05) is 19.1 Å². The molecule has 0 saturated carbocycles. The molecule has 2 rings (SSSR count). The van der Waals surface area contributed by atoms with Gasteiger partial charge in [0.25, 0.3) is 0 Å². The predicted octanol–water partition coefficient (Wildman–Crippen LogP) is 1.85. The molecule has 13 heavy (non-hydrogen) atoms. The van der Waals surface area contributed by atoms with Crippen molar-refractivity contribution >= 4 is 5.82 Å². The van der Waals surface area contributed by atoms with E-state index in [0.717, 1.165) is 0 Å². The van der Waals surface area contributed by atoms with Gasteiger partial charge in [0.2, 0.25) is 0 Å². The number of hydrogen-bond acceptors (Lipinski definition) is 4. The van der Waals surface area contributed by atoms with Gasteiger partial charge in [0.05, 0.1) is 5.56 Å². The third-order valence-electron chi connectivity index (χ3n) is 1.96. The molecule has 0 aromatic carbocycles. The number of hydrogen-bond donors (Lipinski definition) is 0. The van der Waals surface area contributed by atoms with E-state index >= 15 is 0 Å². The number of aromatic nitrogens is 1. The van der Waals surface area contributed by atoms with Gasteiger partial charge in [0.1, 0.15) is 23.9 Å². The van der Waals surface area contributed by atoms with Crippen LogP contribution in [0.25, 0.3) is 0 Å². The fraction of sp³-hybridized carbons (Fsp3) is 0.250. The first-order valence-corrected chi connectivity index (χ1v) is 3.74. The van der Waals surface area contributed by atoms with Crippen molar-refractivity contribution in [3.8, 4) is 12.1 Å². The smallest absolute Gasteiger partial charge is 0.176 e. The van der Waals surface area contributed by atoms with Crippen LogP contribution in [0.5, 0.6) is 0 Å². The Morgan fingerprint density at radius 3 is 2.85 bits per heavy atom. The second-order valence-corrected chi connectivity index (χ2v) is 2.72. The maximum absolute atomic E-state index is 8.77. The van der Waals surface area contributed by atoms with Crippen LogP contribution < -0.4 is 0 Å². The van der Waals surface area contributed by atoms with Gasteiger partial charge in [0, 0.05) is 6.20 Å². The Labute approximate surface area is 74.5 Å². The summed E-state index contributed by atoms with van der Waals surface area (Å²) in [6, 6.07) is 3.90. The second kappa shape index (κ2) is 2.43. The highest BCUT2D eigenvalue weighted by Crippen LogP contribution is 2.34. The largest absolute Gasteiger partial charge is 0.305 e. The normalized spacial score (nSPS) is 17.9. The predicted molar refractivity (Wildman–Crippen MR) is 43.1 cm³/mol. The molecule has 1 aromatic rings. The van der Waals surface area contributed by atoms with Gasteiger partial charge in [-0.1, -0.05) is 0 Å². The summed E-state index contributed by atoms with van der Waals surface area (Å²) in [6.45, 7) is 1.85. The van der Waals surface area contributed by atoms with Crippen molar-refractivity contribution in [2.75, 3.05) is 0 Å². The Balaban J connectivity index is 2.72. The Hall–Kier alpha value is -2.14. The lowest BCUT2D eigenvalue weighted by molar-refractivity contribution is 0.603. The molecule has 5 nitrogen and oxygen atoms in total. The lowest BCUT2D eigenvalue weighted by atomic mass is 10.2. The molecule has 1 aliphatic heterocycles. The molecular weight excluding hydrogens is 166 g/mol. The zero-order valence-corrected chi connectivity index (χ0v) is 6.89. The van der Waals surface area contributed by atoms with Gasteiger partial charge < -0.3 is 4.57 Å². The van der Waals surface area contributed by atoms with E-state index in [2.05, 4.69) is 10.2 Å². The molecule has 0 spiro atoms. The summed E-state index contributed by atoms with van der Waals surface area (Å²) in [5, 5.41) is 25.2. The molecule has 0 N–H and O–H groups in total. The minimum absolute atomic E-state index is 0.107. The highest BCUT2D eigenvalue weighted by Gasteiger charge is 2.22. The summed E-state index contributed by atoms with van der Waals surface area (Å²) in [7, 11) is 0. The average Bonchev–Trinajstić information content (AvgIpc) is 2.65. The molecule has 1 aromatic heterocycles. The minimum Gasteiger partial charge on any atom is -0.305 e. The number of nitrogens with zero attached hydrogens (tertiary/aromatic N) is 5. The molecule has 0 radical (unpaired) electrons. The third-order valence-corrected chi connectivity index (χ3v) is 1.96. The number of rotatable bonds is 0. The summed E-state index contributed by atoms with van der Waals surface area (Å²) in [4.78, 5) is 0. The number of fused-ring (bicyclic) bond motifs is 1. The van der Waals surface area contributed by atoms with Gasteiger partial charge in [-0.3, -0.25) is 0 Å². The highest BCUT2D eigenvalue weighted by atomic mass is 15.4. The lowest BCUT2D eigenvalue weighted by Crippen LogP contribution is -1.93. The van der Waals surface area contributed by atoms with Crippen molar-refractivity contribution in [2.45, 2.75) is 13.1 Å². The monoisotopic (exact) mass is 171 g/mol. The molecule has 0 aliphatic carbocycles. The van der Waals surface area contributed by atoms with Crippen LogP contribution in [-0.4, -0.2) is 4.57 Å². The standard InChI is InChI=1S/C8H5N5/c1-5-11-12-8-7(3-10)6(2-9)4-13(5)8/h4-5H,1H3. The van der Waals surface area contributed by atoms with Crippen molar-refractivity contribution in [1.82, 2.24) is 4.57 Å². The van der Waals surface area contributed by atoms with Gasteiger partial charge in [-0.05, 0) is 6.92 Å². The highest BCUT2D eigenvalue weighted by molar-refractivity contribution is 5.59. The van der Waals surface area contributed by atoms with Gasteiger partial charge in [-0.15, -0.1) is 5.11 Å². The Morgan fingerprint density at radius 2 is 2.23 bits per heavy atom. The van der Waals surface area contributed by atoms with Crippen LogP contribution in [0.2, 0.25) is 0 Å². The van der Waals surface area contributed by atoms with Gasteiger partial charge in [0.15, 0.2) is 5.82 Å². The van der Waals surface area contributed by atoms with Crippen molar-refractivity contribution in [1.29, 1.82) is 10.5 Å². The van der Waals surface area contributed by atoms with E-state index in [9.17, 15) is 0 Å². The van der Waals surface area contributed by atoms with Crippen molar-refractivity contribution < 1.29 is 0 Å². The summed E-state index contributed by atoms with van der Waals surface area (Å²) in [5.74, 6) is 0.492. The molecule has 2 heterocycles. The SMILES string of the molecule is CC1N=Nc2c(C#N)c(C#N)cn21. The van der Waals surface area contributed by atoms with Gasteiger partial charge >= 0.3 is 0 Å². The minimum atomic E-state index is -0.107. The number of azo groups is 1. The van der Waals surface area contributed by atoms with Crippen molar-refractivity contribution in [3.05, 3.63) is 17.3 Å². The van der Waals surface area contributed by atoms with Gasteiger partial charge in [-0.2, -0.15) is 15.6 Å². The average molecular weight is 171 g/mol. The van der Waals surface area contributed by atoms with Crippen LogP contribution in [0.15, 0.2) is 16.4 Å². The molecule has 0 fully saturated rings. The fourth-order valence-electron chi connectivity index (χ4n) is 1.29. The summed E-state index contributed by atoms with van der Waals surface area (Å²) in [5.41, 5.74) is 0.679. The fourth-order valence-corrected chi connectivity index (χ4v) is 1.29. The van der Waals surface area contributed by atoms with Crippen LogP contribution in [-0.2, 0) is 0 Å². The molecule has 1 atom stereocenters. The van der Waals surface area contributed by atoms with Crippen molar-refractivity contribution in [3.63, 3.8) is 0 Å².